The summed E-state index contributed by atoms with van der Waals surface area (Å²) in [5.41, 5.74) is 4.19. The van der Waals surface area contributed by atoms with Crippen LogP contribution in [-0.4, -0.2) is 77.7 Å². The Morgan fingerprint density at radius 1 is 1.17 bits per heavy atom. The molecule has 0 aliphatic carbocycles. The van der Waals surface area contributed by atoms with Crippen LogP contribution < -0.4 is 33.7 Å². The molecule has 0 spiro atoms. The summed E-state index contributed by atoms with van der Waals surface area (Å²) in [5, 5.41) is 30.5. The molecule has 16 nitrogen and oxygen atoms in total. The van der Waals surface area contributed by atoms with Crippen LogP contribution in [0, 0.1) is 6.92 Å². The van der Waals surface area contributed by atoms with Crippen LogP contribution in [0.25, 0.3) is 0 Å². The third kappa shape index (κ3) is 4.65. The van der Waals surface area contributed by atoms with Gasteiger partial charge in [0.2, 0.25) is 0 Å². The minimum atomic E-state index is -1.97. The molecule has 2 saturated heterocycles. The maximum absolute atomic E-state index is 12.4. The molecule has 8 N–H and O–H groups in total. The van der Waals surface area contributed by atoms with E-state index in [0.717, 1.165) is 15.2 Å². The molecule has 2 fully saturated rings. The highest BCUT2D eigenvalue weighted by molar-refractivity contribution is 5.07. The number of nitrogens with zero attached hydrogens (tertiary/aromatic N) is 2. The lowest BCUT2D eigenvalue weighted by atomic mass is 10.0. The molecule has 192 valence electrons. The molecule has 0 bridgehead atoms. The number of ether oxygens (including phenoxy) is 2. The summed E-state index contributed by atoms with van der Waals surface area (Å²) in [4.78, 5) is 56.9. The van der Waals surface area contributed by atoms with Crippen LogP contribution >= 0.6 is 0 Å². The molecule has 35 heavy (non-hydrogen) atoms. The molecular weight excluding hydrogens is 472 g/mol. The van der Waals surface area contributed by atoms with E-state index >= 15 is 0 Å². The van der Waals surface area contributed by atoms with Crippen molar-refractivity contribution in [3.05, 3.63) is 65.7 Å². The summed E-state index contributed by atoms with van der Waals surface area (Å²) < 4.78 is 13.3. The van der Waals surface area contributed by atoms with Gasteiger partial charge < -0.3 is 30.5 Å². The maximum atomic E-state index is 12.4. The van der Waals surface area contributed by atoms with Gasteiger partial charge in [-0.05, 0) is 6.92 Å². The second kappa shape index (κ2) is 9.59. The van der Waals surface area contributed by atoms with Gasteiger partial charge in [-0.3, -0.25) is 33.5 Å². The fourth-order valence-electron chi connectivity index (χ4n) is 4.05. The summed E-state index contributed by atoms with van der Waals surface area (Å²) in [6.45, 7) is 0.516. The Labute approximate surface area is 195 Å². The number of nitrogens with one attached hydrogen (secondary N) is 3. The summed E-state index contributed by atoms with van der Waals surface area (Å²) in [7, 11) is 0. The molecule has 4 rings (SSSR count). The SMILES string of the molecule is Cc1cn([C@@H]2O[C@H](CO)[C@@H](O)C2(N)NOC[C@H]2O[C@@H](n3ccc(=O)[nH]c3=O)C[C@@H]2O)c(=O)[nH]c1=O. The van der Waals surface area contributed by atoms with E-state index in [0.29, 0.717) is 0 Å². The number of aryl methyl sites for hydroxylation is 1. The number of aromatic nitrogens is 4. The number of aliphatic hydroxyl groups excluding tert-OH is 3. The first-order chi connectivity index (χ1) is 16.5. The number of hydrogen-bond donors (Lipinski definition) is 7. The van der Waals surface area contributed by atoms with Gasteiger partial charge in [-0.1, -0.05) is 0 Å². The second-order valence-corrected chi connectivity index (χ2v) is 8.43. The van der Waals surface area contributed by atoms with Crippen molar-refractivity contribution >= 4 is 0 Å². The quantitative estimate of drug-likeness (QED) is 0.141. The number of H-pyrrole nitrogens is 2. The third-order valence-electron chi connectivity index (χ3n) is 5.99. The van der Waals surface area contributed by atoms with Crippen LogP contribution in [0.2, 0.25) is 0 Å². The van der Waals surface area contributed by atoms with Gasteiger partial charge in [0.25, 0.3) is 11.1 Å². The highest BCUT2D eigenvalue weighted by Crippen LogP contribution is 2.34. The van der Waals surface area contributed by atoms with E-state index in [1.165, 1.54) is 19.3 Å². The number of hydroxylamine groups is 1. The molecule has 2 aliphatic rings. The fourth-order valence-corrected chi connectivity index (χ4v) is 4.05. The highest BCUT2D eigenvalue weighted by atomic mass is 16.7. The highest BCUT2D eigenvalue weighted by Gasteiger charge is 2.56. The van der Waals surface area contributed by atoms with Crippen LogP contribution in [0.1, 0.15) is 24.4 Å². The van der Waals surface area contributed by atoms with Crippen molar-refractivity contribution in [1.82, 2.24) is 24.6 Å². The molecule has 2 aromatic rings. The molecule has 7 atom stereocenters. The largest absolute Gasteiger partial charge is 0.394 e. The zero-order valence-electron chi connectivity index (χ0n) is 18.5. The topological polar surface area (TPSA) is 236 Å². The third-order valence-corrected chi connectivity index (χ3v) is 5.99. The Hall–Kier alpha value is -2.96. The number of aliphatic hydroxyl groups is 3. The van der Waals surface area contributed by atoms with E-state index in [1.807, 2.05) is 0 Å². The molecule has 1 unspecified atom stereocenters. The Morgan fingerprint density at radius 2 is 1.89 bits per heavy atom. The van der Waals surface area contributed by atoms with E-state index in [-0.39, 0.29) is 18.6 Å². The molecule has 2 aromatic heterocycles. The normalized spacial score (nSPS) is 32.8. The van der Waals surface area contributed by atoms with Gasteiger partial charge in [-0.15, -0.1) is 0 Å². The Bertz CT molecular complexity index is 1300. The van der Waals surface area contributed by atoms with Gasteiger partial charge in [-0.25, -0.2) is 9.59 Å². The lowest BCUT2D eigenvalue weighted by Gasteiger charge is -2.33. The zero-order chi connectivity index (χ0) is 25.5. The predicted octanol–water partition coefficient (Wildman–Crippen LogP) is -4.53. The van der Waals surface area contributed by atoms with Crippen molar-refractivity contribution < 1.29 is 29.6 Å². The lowest BCUT2D eigenvalue weighted by Crippen LogP contribution is -2.65. The van der Waals surface area contributed by atoms with E-state index in [4.69, 9.17) is 20.0 Å². The van der Waals surface area contributed by atoms with Gasteiger partial charge in [0.1, 0.15) is 24.5 Å². The molecule has 0 aromatic carbocycles. The van der Waals surface area contributed by atoms with Crippen molar-refractivity contribution in [2.75, 3.05) is 13.2 Å². The van der Waals surface area contributed by atoms with E-state index < -0.39 is 71.6 Å². The van der Waals surface area contributed by atoms with E-state index in [1.54, 1.807) is 0 Å². The van der Waals surface area contributed by atoms with Crippen molar-refractivity contribution in [1.29, 1.82) is 0 Å². The van der Waals surface area contributed by atoms with Crippen LogP contribution in [0.4, 0.5) is 0 Å². The molecule has 0 radical (unpaired) electrons. The van der Waals surface area contributed by atoms with Crippen molar-refractivity contribution in [2.45, 2.75) is 55.9 Å². The van der Waals surface area contributed by atoms with Crippen LogP contribution in [0.5, 0.6) is 0 Å². The van der Waals surface area contributed by atoms with Crippen LogP contribution in [0.15, 0.2) is 37.6 Å². The maximum Gasteiger partial charge on any atom is 0.330 e. The Kier molecular flexibility index (Phi) is 6.89. The molecule has 4 heterocycles. The second-order valence-electron chi connectivity index (χ2n) is 8.43. The molecule has 0 saturated carbocycles. The first-order valence-corrected chi connectivity index (χ1v) is 10.6. The van der Waals surface area contributed by atoms with Gasteiger partial charge in [-0.2, -0.15) is 5.48 Å². The summed E-state index contributed by atoms with van der Waals surface area (Å²) >= 11 is 0. The lowest BCUT2D eigenvalue weighted by molar-refractivity contribution is -0.134. The Morgan fingerprint density at radius 3 is 2.57 bits per heavy atom. The minimum Gasteiger partial charge on any atom is -0.394 e. The fraction of sp³-hybridized carbons (Fsp3) is 0.579. The van der Waals surface area contributed by atoms with E-state index in [9.17, 15) is 34.5 Å². The predicted molar refractivity (Wildman–Crippen MR) is 115 cm³/mol. The molecule has 2 aliphatic heterocycles. The van der Waals surface area contributed by atoms with Crippen molar-refractivity contribution in [3.63, 3.8) is 0 Å². The average molecular weight is 498 g/mol. The van der Waals surface area contributed by atoms with Gasteiger partial charge >= 0.3 is 11.4 Å². The van der Waals surface area contributed by atoms with E-state index in [2.05, 4.69) is 15.4 Å². The summed E-state index contributed by atoms with van der Waals surface area (Å²) in [6.07, 6.45) is -4.54. The first kappa shape index (κ1) is 25.1. The molecular formula is C19H26N6O10. The number of aromatic amines is 2. The Balaban J connectivity index is 1.48. The monoisotopic (exact) mass is 498 g/mol. The van der Waals surface area contributed by atoms with Gasteiger partial charge in [0.15, 0.2) is 11.9 Å². The van der Waals surface area contributed by atoms with Gasteiger partial charge in [0.05, 0.1) is 19.3 Å². The molecule has 0 amide bonds. The first-order valence-electron chi connectivity index (χ1n) is 10.6. The van der Waals surface area contributed by atoms with Crippen molar-refractivity contribution in [2.24, 2.45) is 5.73 Å². The number of nitrogens with two attached hydrogens (primary N) is 1. The summed E-state index contributed by atoms with van der Waals surface area (Å²) in [5.74, 6) is 0. The number of hydrogen-bond acceptors (Lipinski definition) is 12. The van der Waals surface area contributed by atoms with Crippen LogP contribution in [0.3, 0.4) is 0 Å². The standard InChI is InChI=1S/C19H26N6O10/c1-8-5-25(18(32)22-15(8)30)16-19(20,14(29)10(6-26)35-16)23-33-7-11-9(27)4-13(34-11)24-3-2-12(28)21-17(24)31/h2-3,5,9-11,13-14,16,23,26-27,29H,4,6-7,20H2,1H3,(H,21,28,31)(H,22,30,32)/t9-,10+,11+,13+,14+,16+,19?/m0/s1. The van der Waals surface area contributed by atoms with Crippen molar-refractivity contribution in [3.8, 4) is 0 Å². The smallest absolute Gasteiger partial charge is 0.330 e. The molecule has 16 heteroatoms. The number of rotatable bonds is 7. The zero-order valence-corrected chi connectivity index (χ0v) is 18.5. The van der Waals surface area contributed by atoms with Crippen LogP contribution in [-0.2, 0) is 14.3 Å². The van der Waals surface area contributed by atoms with Gasteiger partial charge in [0, 0.05) is 30.4 Å². The minimum absolute atomic E-state index is 0.0285. The summed E-state index contributed by atoms with van der Waals surface area (Å²) in [6, 6.07) is 1.14. The average Bonchev–Trinajstić information content (AvgIpc) is 3.28.